The standard InChI is InChI=1S/C21H31NO/c1-15(22)7-16-3-2-4-20(11-16)23-6-5-21-12-17-8-18(13-21)10-19(9-17)14-21/h2-4,11,15,17-19H,5-10,12-14,22H2,1H3/t15-,17?,18?,19?,21?/m1/s1. The molecule has 4 aliphatic carbocycles. The summed E-state index contributed by atoms with van der Waals surface area (Å²) < 4.78 is 6.13. The molecule has 5 rings (SSSR count). The minimum absolute atomic E-state index is 0.206. The molecule has 0 saturated heterocycles. The van der Waals surface area contributed by atoms with Crippen LogP contribution in [-0.4, -0.2) is 12.6 Å². The highest BCUT2D eigenvalue weighted by molar-refractivity contribution is 5.29. The van der Waals surface area contributed by atoms with Gasteiger partial charge in [-0.15, -0.1) is 0 Å². The van der Waals surface area contributed by atoms with Crippen LogP contribution in [0.3, 0.4) is 0 Å². The van der Waals surface area contributed by atoms with E-state index in [9.17, 15) is 0 Å². The summed E-state index contributed by atoms with van der Waals surface area (Å²) in [6.07, 6.45) is 11.2. The van der Waals surface area contributed by atoms with Gasteiger partial charge in [-0.1, -0.05) is 12.1 Å². The molecule has 4 saturated carbocycles. The molecule has 1 atom stereocenters. The van der Waals surface area contributed by atoms with Gasteiger partial charge in [0.15, 0.2) is 0 Å². The Morgan fingerprint density at radius 1 is 1.13 bits per heavy atom. The monoisotopic (exact) mass is 313 g/mol. The molecule has 2 heteroatoms. The molecule has 0 aliphatic heterocycles. The van der Waals surface area contributed by atoms with Gasteiger partial charge in [-0.05, 0) is 99.2 Å². The first-order valence-electron chi connectivity index (χ1n) is 9.58. The molecule has 2 N–H and O–H groups in total. The largest absolute Gasteiger partial charge is 0.494 e. The van der Waals surface area contributed by atoms with Crippen molar-refractivity contribution < 1.29 is 4.74 Å². The second kappa shape index (κ2) is 6.12. The van der Waals surface area contributed by atoms with Crippen molar-refractivity contribution >= 4 is 0 Å². The van der Waals surface area contributed by atoms with E-state index in [2.05, 4.69) is 31.2 Å². The van der Waals surface area contributed by atoms with Crippen LogP contribution >= 0.6 is 0 Å². The molecule has 1 aromatic carbocycles. The Balaban J connectivity index is 1.33. The first-order chi connectivity index (χ1) is 11.1. The lowest BCUT2D eigenvalue weighted by atomic mass is 9.49. The van der Waals surface area contributed by atoms with Gasteiger partial charge in [0.25, 0.3) is 0 Å². The third kappa shape index (κ3) is 3.42. The number of hydrogen-bond donors (Lipinski definition) is 1. The van der Waals surface area contributed by atoms with Crippen molar-refractivity contribution in [2.24, 2.45) is 28.9 Å². The number of rotatable bonds is 6. The summed E-state index contributed by atoms with van der Waals surface area (Å²) >= 11 is 0. The summed E-state index contributed by atoms with van der Waals surface area (Å²) in [4.78, 5) is 0. The summed E-state index contributed by atoms with van der Waals surface area (Å²) in [5.74, 6) is 4.13. The fourth-order valence-corrected chi connectivity index (χ4v) is 6.12. The lowest BCUT2D eigenvalue weighted by Crippen LogP contribution is -2.46. The zero-order valence-corrected chi connectivity index (χ0v) is 14.5. The Morgan fingerprint density at radius 2 is 1.78 bits per heavy atom. The lowest BCUT2D eigenvalue weighted by Gasteiger charge is -2.57. The Kier molecular flexibility index (Phi) is 4.13. The van der Waals surface area contributed by atoms with E-state index in [0.717, 1.165) is 36.5 Å². The van der Waals surface area contributed by atoms with Gasteiger partial charge in [-0.25, -0.2) is 0 Å². The first-order valence-corrected chi connectivity index (χ1v) is 9.58. The van der Waals surface area contributed by atoms with E-state index >= 15 is 0 Å². The zero-order chi connectivity index (χ0) is 15.9. The molecule has 0 amide bonds. The Labute approximate surface area is 140 Å². The van der Waals surface area contributed by atoms with Gasteiger partial charge in [0.05, 0.1) is 6.61 Å². The van der Waals surface area contributed by atoms with E-state index < -0.39 is 0 Å². The number of benzene rings is 1. The van der Waals surface area contributed by atoms with Crippen molar-refractivity contribution in [3.63, 3.8) is 0 Å². The van der Waals surface area contributed by atoms with Crippen LogP contribution in [-0.2, 0) is 6.42 Å². The molecule has 0 spiro atoms. The molecule has 1 aromatic rings. The van der Waals surface area contributed by atoms with Crippen molar-refractivity contribution in [2.45, 2.75) is 64.3 Å². The number of hydrogen-bond acceptors (Lipinski definition) is 2. The van der Waals surface area contributed by atoms with Crippen LogP contribution in [0.25, 0.3) is 0 Å². The molecular formula is C21H31NO. The van der Waals surface area contributed by atoms with Gasteiger partial charge in [-0.3, -0.25) is 0 Å². The molecule has 4 bridgehead atoms. The summed E-state index contributed by atoms with van der Waals surface area (Å²) in [6.45, 7) is 2.94. The highest BCUT2D eigenvalue weighted by Crippen LogP contribution is 2.61. The molecule has 2 nitrogen and oxygen atoms in total. The van der Waals surface area contributed by atoms with E-state index in [4.69, 9.17) is 10.5 Å². The molecule has 4 fully saturated rings. The lowest BCUT2D eigenvalue weighted by molar-refractivity contribution is -0.0622. The molecule has 0 radical (unpaired) electrons. The van der Waals surface area contributed by atoms with Crippen molar-refractivity contribution in [1.29, 1.82) is 0 Å². The van der Waals surface area contributed by atoms with Crippen LogP contribution in [0.1, 0.15) is 57.4 Å². The highest BCUT2D eigenvalue weighted by Gasteiger charge is 2.50. The molecule has 4 aliphatic rings. The van der Waals surface area contributed by atoms with Crippen molar-refractivity contribution in [3.8, 4) is 5.75 Å². The van der Waals surface area contributed by atoms with E-state index in [-0.39, 0.29) is 6.04 Å². The smallest absolute Gasteiger partial charge is 0.119 e. The average molecular weight is 313 g/mol. The predicted molar refractivity (Wildman–Crippen MR) is 94.5 cm³/mol. The van der Waals surface area contributed by atoms with Gasteiger partial charge in [0.2, 0.25) is 0 Å². The van der Waals surface area contributed by atoms with Gasteiger partial charge in [0.1, 0.15) is 5.75 Å². The first kappa shape index (κ1) is 15.5. The second-order valence-corrected chi connectivity index (χ2v) is 8.84. The van der Waals surface area contributed by atoms with Crippen LogP contribution in [0, 0.1) is 23.2 Å². The van der Waals surface area contributed by atoms with Crippen LogP contribution in [0.15, 0.2) is 24.3 Å². The normalized spacial score (nSPS) is 36.2. The molecule has 23 heavy (non-hydrogen) atoms. The fraction of sp³-hybridized carbons (Fsp3) is 0.714. The van der Waals surface area contributed by atoms with Crippen molar-refractivity contribution in [2.75, 3.05) is 6.61 Å². The molecular weight excluding hydrogens is 282 g/mol. The van der Waals surface area contributed by atoms with Gasteiger partial charge < -0.3 is 10.5 Å². The minimum Gasteiger partial charge on any atom is -0.494 e. The van der Waals surface area contributed by atoms with Crippen LogP contribution in [0.4, 0.5) is 0 Å². The summed E-state index contributed by atoms with van der Waals surface area (Å²) in [5.41, 5.74) is 7.81. The number of nitrogens with two attached hydrogens (primary N) is 1. The van der Waals surface area contributed by atoms with Crippen molar-refractivity contribution in [1.82, 2.24) is 0 Å². The Hall–Kier alpha value is -1.02. The van der Waals surface area contributed by atoms with E-state index in [1.807, 2.05) is 0 Å². The predicted octanol–water partition coefficient (Wildman–Crippen LogP) is 4.56. The third-order valence-electron chi connectivity index (χ3n) is 6.52. The molecule has 0 aromatic heterocycles. The molecule has 126 valence electrons. The quantitative estimate of drug-likeness (QED) is 0.835. The summed E-state index contributed by atoms with van der Waals surface area (Å²) in [6, 6.07) is 8.71. The average Bonchev–Trinajstić information content (AvgIpc) is 2.45. The summed E-state index contributed by atoms with van der Waals surface area (Å²) in [5, 5.41) is 0. The Bertz CT molecular complexity index is 515. The van der Waals surface area contributed by atoms with Gasteiger partial charge in [0, 0.05) is 6.04 Å². The highest BCUT2D eigenvalue weighted by atomic mass is 16.5. The summed E-state index contributed by atoms with van der Waals surface area (Å²) in [7, 11) is 0. The van der Waals surface area contributed by atoms with Crippen LogP contribution < -0.4 is 10.5 Å². The van der Waals surface area contributed by atoms with Crippen LogP contribution in [0.5, 0.6) is 5.75 Å². The maximum absolute atomic E-state index is 6.13. The number of ether oxygens (including phenoxy) is 1. The topological polar surface area (TPSA) is 35.2 Å². The van der Waals surface area contributed by atoms with E-state index in [0.29, 0.717) is 5.41 Å². The minimum atomic E-state index is 0.206. The maximum atomic E-state index is 6.13. The Morgan fingerprint density at radius 3 is 2.39 bits per heavy atom. The second-order valence-electron chi connectivity index (χ2n) is 8.84. The van der Waals surface area contributed by atoms with Crippen molar-refractivity contribution in [3.05, 3.63) is 29.8 Å². The zero-order valence-electron chi connectivity index (χ0n) is 14.5. The van der Waals surface area contributed by atoms with Gasteiger partial charge in [-0.2, -0.15) is 0 Å². The third-order valence-corrected chi connectivity index (χ3v) is 6.52. The SMILES string of the molecule is C[C@@H](N)Cc1cccc(OCCC23CC4CC(CC(C4)C2)C3)c1. The van der Waals surface area contributed by atoms with Crippen LogP contribution in [0.2, 0.25) is 0 Å². The fourth-order valence-electron chi connectivity index (χ4n) is 6.12. The molecule has 0 heterocycles. The maximum Gasteiger partial charge on any atom is 0.119 e. The van der Waals surface area contributed by atoms with E-state index in [1.165, 1.54) is 50.5 Å². The van der Waals surface area contributed by atoms with Gasteiger partial charge >= 0.3 is 0 Å². The van der Waals surface area contributed by atoms with E-state index in [1.54, 1.807) is 0 Å². The molecule has 0 unspecified atom stereocenters.